The fourth-order valence-corrected chi connectivity index (χ4v) is 7.47. The minimum atomic E-state index is -3.74. The number of rotatable bonds is 8. The third kappa shape index (κ3) is 6.12. The maximum absolute atomic E-state index is 13.8. The number of aliphatic hydroxyl groups excluding tert-OH is 1. The number of benzene rings is 2. The van der Waals surface area contributed by atoms with Crippen LogP contribution in [0.5, 0.6) is 0 Å². The van der Waals surface area contributed by atoms with E-state index in [1.807, 2.05) is 11.0 Å². The second-order valence-electron chi connectivity index (χ2n) is 11.4. The summed E-state index contributed by atoms with van der Waals surface area (Å²) >= 11 is 1.44. The summed E-state index contributed by atoms with van der Waals surface area (Å²) in [5, 5.41) is 12.1. The number of anilines is 4. The molecule has 3 aromatic rings. The number of nitrogens with one attached hydrogen (secondary N) is 2. The summed E-state index contributed by atoms with van der Waals surface area (Å²) in [7, 11) is -3.74. The van der Waals surface area contributed by atoms with Crippen LogP contribution in [0.15, 0.2) is 35.8 Å². The Morgan fingerprint density at radius 3 is 2.29 bits per heavy atom. The van der Waals surface area contributed by atoms with Gasteiger partial charge in [0.15, 0.2) is 0 Å². The van der Waals surface area contributed by atoms with Crippen LogP contribution in [0.3, 0.4) is 0 Å². The molecule has 3 heterocycles. The quantitative estimate of drug-likeness (QED) is 0.335. The zero-order valence-corrected chi connectivity index (χ0v) is 24.2. The molecule has 41 heavy (non-hydrogen) atoms. The summed E-state index contributed by atoms with van der Waals surface area (Å²) in [5.74, 6) is -3.45. The number of sulfonamides is 1. The predicted molar refractivity (Wildman–Crippen MR) is 158 cm³/mol. The molecule has 0 unspecified atom stereocenters. The van der Waals surface area contributed by atoms with Gasteiger partial charge in [-0.1, -0.05) is 0 Å². The number of hydrogen-bond donors (Lipinski definition) is 3. The van der Waals surface area contributed by atoms with Gasteiger partial charge in [-0.3, -0.25) is 9.52 Å². The highest BCUT2D eigenvalue weighted by Gasteiger charge is 2.44. The highest BCUT2D eigenvalue weighted by Crippen LogP contribution is 2.54. The Bertz CT molecular complexity index is 1550. The molecule has 1 aliphatic carbocycles. The van der Waals surface area contributed by atoms with E-state index in [1.54, 1.807) is 29.8 Å². The Balaban J connectivity index is 1.29. The molecule has 1 amide bonds. The fraction of sp³-hybridized carbons (Fsp3) is 0.500. The van der Waals surface area contributed by atoms with E-state index in [0.717, 1.165) is 36.3 Å². The molecule has 13 heteroatoms. The highest BCUT2D eigenvalue weighted by atomic mass is 32.2. The first-order chi connectivity index (χ1) is 19.6. The van der Waals surface area contributed by atoms with E-state index in [1.165, 1.54) is 24.2 Å². The van der Waals surface area contributed by atoms with E-state index in [-0.39, 0.29) is 31.8 Å². The summed E-state index contributed by atoms with van der Waals surface area (Å²) in [5.41, 5.74) is 5.44. The third-order valence-electron chi connectivity index (χ3n) is 8.50. The molecule has 1 aromatic heterocycles. The number of carbonyl (C=O) groups excluding carboxylic acids is 1. The van der Waals surface area contributed by atoms with Crippen molar-refractivity contribution < 1.29 is 27.1 Å². The van der Waals surface area contributed by atoms with Gasteiger partial charge in [-0.05, 0) is 61.4 Å². The molecule has 0 bridgehead atoms. The van der Waals surface area contributed by atoms with Crippen LogP contribution in [0.1, 0.15) is 48.9 Å². The zero-order chi connectivity index (χ0) is 28.8. The summed E-state index contributed by atoms with van der Waals surface area (Å²) < 4.78 is 55.7. The van der Waals surface area contributed by atoms with Crippen molar-refractivity contribution in [3.05, 3.63) is 41.4 Å². The minimum Gasteiger partial charge on any atom is -0.395 e. The van der Waals surface area contributed by atoms with Gasteiger partial charge in [0.25, 0.3) is 11.8 Å². The molecule has 3 fully saturated rings. The lowest BCUT2D eigenvalue weighted by atomic mass is 9.93. The number of halogens is 2. The highest BCUT2D eigenvalue weighted by molar-refractivity contribution is 7.92. The van der Waals surface area contributed by atoms with Crippen molar-refractivity contribution in [2.45, 2.75) is 44.4 Å². The Morgan fingerprint density at radius 2 is 1.61 bits per heavy atom. The Hall–Kier alpha value is -3.03. The molecule has 1 spiro atoms. The molecule has 2 aliphatic heterocycles. The first-order valence-electron chi connectivity index (χ1n) is 13.9. The van der Waals surface area contributed by atoms with Crippen LogP contribution in [0, 0.1) is 5.41 Å². The molecule has 2 aromatic carbocycles. The lowest BCUT2D eigenvalue weighted by Crippen LogP contribution is -2.39. The van der Waals surface area contributed by atoms with Crippen LogP contribution in [-0.2, 0) is 10.0 Å². The van der Waals surface area contributed by atoms with Crippen LogP contribution in [-0.4, -0.2) is 68.9 Å². The summed E-state index contributed by atoms with van der Waals surface area (Å²) in [6.07, 6.45) is 4.05. The average molecular weight is 606 g/mol. The van der Waals surface area contributed by atoms with Crippen molar-refractivity contribution in [3.8, 4) is 0 Å². The number of fused-ring (bicyclic) bond motifs is 1. The van der Waals surface area contributed by atoms with Crippen molar-refractivity contribution in [1.29, 1.82) is 0 Å². The van der Waals surface area contributed by atoms with E-state index < -0.39 is 28.3 Å². The van der Waals surface area contributed by atoms with Crippen molar-refractivity contribution in [1.82, 2.24) is 4.98 Å². The molecule has 3 aliphatic rings. The van der Waals surface area contributed by atoms with Gasteiger partial charge >= 0.3 is 0 Å². The van der Waals surface area contributed by atoms with Crippen LogP contribution >= 0.6 is 11.3 Å². The molecular formula is C28H33F2N5O4S2. The fourth-order valence-electron chi connectivity index (χ4n) is 5.83. The lowest BCUT2D eigenvalue weighted by Gasteiger charge is -2.35. The standard InChI is InChI=1S/C28H33F2N5O4S2/c29-28(30)7-11-35(12-8-28)24-17-20(15-22-25(24)40-18-31-22)32-26(37)21-2-1-19(33-41(38,39)14-13-36)16-23(21)34-9-5-27(3-4-27)6-10-34/h1-2,15-18,33,36H,3-14H2,(H,32,37). The van der Waals surface area contributed by atoms with Gasteiger partial charge in [-0.15, -0.1) is 11.3 Å². The van der Waals surface area contributed by atoms with Gasteiger partial charge in [0, 0.05) is 44.7 Å². The number of carbonyl (C=O) groups is 1. The molecule has 0 radical (unpaired) electrons. The van der Waals surface area contributed by atoms with Crippen molar-refractivity contribution in [3.63, 3.8) is 0 Å². The van der Waals surface area contributed by atoms with E-state index in [2.05, 4.69) is 19.9 Å². The second-order valence-corrected chi connectivity index (χ2v) is 14.1. The predicted octanol–water partition coefficient (Wildman–Crippen LogP) is 4.90. The monoisotopic (exact) mass is 605 g/mol. The maximum atomic E-state index is 13.8. The Morgan fingerprint density at radius 1 is 0.951 bits per heavy atom. The number of alkyl halides is 2. The average Bonchev–Trinajstić information content (AvgIpc) is 3.50. The van der Waals surface area contributed by atoms with Crippen LogP contribution in [0.25, 0.3) is 10.2 Å². The molecule has 220 valence electrons. The summed E-state index contributed by atoms with van der Waals surface area (Å²) in [6.45, 7) is 1.46. The number of nitrogens with zero attached hydrogens (tertiary/aromatic N) is 3. The molecule has 0 atom stereocenters. The van der Waals surface area contributed by atoms with E-state index >= 15 is 0 Å². The van der Waals surface area contributed by atoms with Crippen molar-refractivity contribution >= 4 is 60.2 Å². The maximum Gasteiger partial charge on any atom is 0.257 e. The zero-order valence-electron chi connectivity index (χ0n) is 22.5. The number of aliphatic hydroxyl groups is 1. The van der Waals surface area contributed by atoms with Crippen LogP contribution in [0.4, 0.5) is 31.5 Å². The van der Waals surface area contributed by atoms with Gasteiger partial charge in [0.05, 0.1) is 50.7 Å². The van der Waals surface area contributed by atoms with Gasteiger partial charge in [-0.25, -0.2) is 22.2 Å². The number of aromatic nitrogens is 1. The summed E-state index contributed by atoms with van der Waals surface area (Å²) in [4.78, 5) is 22.2. The van der Waals surface area contributed by atoms with Gasteiger partial charge in [-0.2, -0.15) is 0 Å². The number of thiazole rings is 1. The van der Waals surface area contributed by atoms with Gasteiger partial charge in [0.1, 0.15) is 0 Å². The minimum absolute atomic E-state index is 0.214. The molecular weight excluding hydrogens is 572 g/mol. The largest absolute Gasteiger partial charge is 0.395 e. The number of piperidine rings is 2. The smallest absolute Gasteiger partial charge is 0.257 e. The first kappa shape index (κ1) is 28.1. The topological polar surface area (TPSA) is 115 Å². The normalized spacial score (nSPS) is 19.9. The molecule has 1 saturated carbocycles. The Kier molecular flexibility index (Phi) is 7.31. The van der Waals surface area contributed by atoms with Crippen LogP contribution in [0.2, 0.25) is 0 Å². The molecule has 2 saturated heterocycles. The van der Waals surface area contributed by atoms with Crippen molar-refractivity contribution in [2.24, 2.45) is 5.41 Å². The van der Waals surface area contributed by atoms with Crippen molar-refractivity contribution in [2.75, 3.05) is 58.4 Å². The lowest BCUT2D eigenvalue weighted by molar-refractivity contribution is -0.0220. The van der Waals surface area contributed by atoms with Gasteiger partial charge in [0.2, 0.25) is 10.0 Å². The molecule has 6 rings (SSSR count). The SMILES string of the molecule is O=C(Nc1cc(N2CCC(F)(F)CC2)c2scnc2c1)c1ccc(NS(=O)(=O)CCO)cc1N1CCC2(CC1)CC2. The van der Waals surface area contributed by atoms with Crippen LogP contribution < -0.4 is 19.8 Å². The van der Waals surface area contributed by atoms with E-state index in [0.29, 0.717) is 33.6 Å². The summed E-state index contributed by atoms with van der Waals surface area (Å²) in [6, 6.07) is 8.43. The molecule has 9 nitrogen and oxygen atoms in total. The number of amides is 1. The first-order valence-corrected chi connectivity index (χ1v) is 16.4. The Labute approximate surface area is 241 Å². The number of hydrogen-bond acceptors (Lipinski definition) is 8. The third-order valence-corrected chi connectivity index (χ3v) is 10.6. The van der Waals surface area contributed by atoms with Gasteiger partial charge < -0.3 is 20.2 Å². The second kappa shape index (κ2) is 10.7. The van der Waals surface area contributed by atoms with E-state index in [9.17, 15) is 22.0 Å². The molecule has 3 N–H and O–H groups in total. The van der Waals surface area contributed by atoms with E-state index in [4.69, 9.17) is 5.11 Å².